The minimum Gasteiger partial charge on any atom is -0.242 e. The third-order valence-corrected chi connectivity index (χ3v) is 14.2. The summed E-state index contributed by atoms with van der Waals surface area (Å²) in [7, 11) is -0.686. The molecule has 0 spiro atoms. The summed E-state index contributed by atoms with van der Waals surface area (Å²) >= 11 is 0. The van der Waals surface area contributed by atoms with Crippen LogP contribution in [0.3, 0.4) is 0 Å². The first-order valence-electron chi connectivity index (χ1n) is 14.4. The molecule has 2 nitrogen and oxygen atoms in total. The van der Waals surface area contributed by atoms with Crippen molar-refractivity contribution in [3.63, 3.8) is 0 Å². The van der Waals surface area contributed by atoms with Gasteiger partial charge < -0.3 is 0 Å². The highest BCUT2D eigenvalue weighted by Crippen LogP contribution is 2.43. The van der Waals surface area contributed by atoms with Crippen LogP contribution in [-0.2, 0) is 11.0 Å². The Labute approximate surface area is 256 Å². The maximum atomic E-state index is 14.1. The van der Waals surface area contributed by atoms with Gasteiger partial charge in [-0.25, -0.2) is 8.51 Å². The van der Waals surface area contributed by atoms with Crippen molar-refractivity contribution in [2.75, 3.05) is 13.2 Å². The van der Waals surface area contributed by atoms with Gasteiger partial charge in [0.25, 0.3) is 0 Å². The molecule has 0 bridgehead atoms. The second kappa shape index (κ2) is 14.0. The van der Waals surface area contributed by atoms with Crippen molar-refractivity contribution in [1.82, 2.24) is 4.31 Å². The largest absolute Gasteiger partial charge is 0.242 e. The molecule has 5 aromatic rings. The number of nitrogens with zero attached hydrogens (tertiary/aromatic N) is 1. The molecule has 0 saturated heterocycles. The lowest BCUT2D eigenvalue weighted by atomic mass is 10.1. The molecular weight excluding hydrogens is 568 g/mol. The topological polar surface area (TPSA) is 20.3 Å². The lowest BCUT2D eigenvalue weighted by molar-refractivity contribution is 0.423. The number of hydrogen-bond acceptors (Lipinski definition) is 1. The molecule has 0 saturated carbocycles. The fourth-order valence-electron chi connectivity index (χ4n) is 5.26. The van der Waals surface area contributed by atoms with E-state index in [2.05, 4.69) is 178 Å². The summed E-state index contributed by atoms with van der Waals surface area (Å²) in [5.41, 5.74) is 1.26. The van der Waals surface area contributed by atoms with Gasteiger partial charge >= 0.3 is 0 Å². The van der Waals surface area contributed by atoms with Crippen molar-refractivity contribution in [3.8, 4) is 0 Å². The fourth-order valence-corrected chi connectivity index (χ4v) is 11.7. The van der Waals surface area contributed by atoms with E-state index in [0.717, 1.165) is 6.16 Å². The molecule has 214 valence electrons. The van der Waals surface area contributed by atoms with Crippen molar-refractivity contribution in [3.05, 3.63) is 151 Å². The molecule has 5 aromatic carbocycles. The first-order valence-corrected chi connectivity index (χ1v) is 18.3. The van der Waals surface area contributed by atoms with Crippen LogP contribution >= 0.6 is 15.8 Å². The Morgan fingerprint density at radius 1 is 0.595 bits per heavy atom. The van der Waals surface area contributed by atoms with Crippen molar-refractivity contribution < 1.29 is 4.21 Å². The number of benzene rings is 5. The van der Waals surface area contributed by atoms with E-state index < -0.39 is 26.8 Å². The summed E-state index contributed by atoms with van der Waals surface area (Å²) in [6.45, 7) is 6.21. The summed E-state index contributed by atoms with van der Waals surface area (Å²) < 4.78 is 15.9. The predicted molar refractivity (Wildman–Crippen MR) is 187 cm³/mol. The second-order valence-electron chi connectivity index (χ2n) is 11.3. The molecule has 42 heavy (non-hydrogen) atoms. The number of rotatable bonds is 10. The molecule has 2 unspecified atom stereocenters. The highest BCUT2D eigenvalue weighted by Gasteiger charge is 2.34. The van der Waals surface area contributed by atoms with Gasteiger partial charge in [0.05, 0.1) is 10.8 Å². The first-order chi connectivity index (χ1) is 20.3. The Kier molecular flexibility index (Phi) is 10.2. The maximum absolute atomic E-state index is 14.1. The van der Waals surface area contributed by atoms with E-state index in [1.807, 2.05) is 0 Å². The highest BCUT2D eigenvalue weighted by molar-refractivity contribution is 7.84. The molecular formula is C37H39NOP2S. The molecule has 0 aliphatic heterocycles. The van der Waals surface area contributed by atoms with E-state index in [9.17, 15) is 4.21 Å². The molecule has 5 rings (SSSR count). The van der Waals surface area contributed by atoms with Gasteiger partial charge in [-0.3, -0.25) is 0 Å². The normalized spacial score (nSPS) is 13.4. The standard InChI is InChI=1S/C37H39NOP2S/c1-37(2,3)42(39)38(4)35(29-40(30-19-9-5-10-20-30)31-21-11-6-12-22-31)34-27-17-18-28-36(34)41(32-23-13-7-14-24-32)33-25-15-8-16-26-33/h5-28,35H,29H2,1-4H3. The fraction of sp³-hybridized carbons (Fsp3) is 0.189. The van der Waals surface area contributed by atoms with E-state index in [1.54, 1.807) is 0 Å². The quantitative estimate of drug-likeness (QED) is 0.157. The highest BCUT2D eigenvalue weighted by atomic mass is 32.2. The van der Waals surface area contributed by atoms with E-state index in [4.69, 9.17) is 0 Å². The average molecular weight is 608 g/mol. The van der Waals surface area contributed by atoms with Crippen molar-refractivity contribution >= 4 is 53.4 Å². The molecule has 0 amide bonds. The first kappa shape index (κ1) is 30.5. The predicted octanol–water partition coefficient (Wildman–Crippen LogP) is 7.01. The zero-order valence-corrected chi connectivity index (χ0v) is 27.4. The van der Waals surface area contributed by atoms with Crippen LogP contribution in [0.4, 0.5) is 0 Å². The molecule has 0 aliphatic rings. The lowest BCUT2D eigenvalue weighted by Gasteiger charge is -2.36. The lowest BCUT2D eigenvalue weighted by Crippen LogP contribution is -2.41. The van der Waals surface area contributed by atoms with Gasteiger partial charge in [-0.2, -0.15) is 0 Å². The van der Waals surface area contributed by atoms with Crippen molar-refractivity contribution in [2.24, 2.45) is 0 Å². The smallest absolute Gasteiger partial charge is 0.100 e. The van der Waals surface area contributed by atoms with Gasteiger partial charge in [0.15, 0.2) is 0 Å². The van der Waals surface area contributed by atoms with Crippen LogP contribution < -0.4 is 26.5 Å². The Balaban J connectivity index is 1.70. The second-order valence-corrected chi connectivity index (χ2v) is 18.0. The van der Waals surface area contributed by atoms with Crippen molar-refractivity contribution in [2.45, 2.75) is 31.6 Å². The number of hydrogen-bond donors (Lipinski definition) is 0. The molecule has 0 aromatic heterocycles. The zero-order chi connectivity index (χ0) is 29.5. The van der Waals surface area contributed by atoms with Crippen LogP contribution in [0.2, 0.25) is 0 Å². The molecule has 0 aliphatic carbocycles. The van der Waals surface area contributed by atoms with Gasteiger partial charge in [-0.15, -0.1) is 0 Å². The van der Waals surface area contributed by atoms with Crippen LogP contribution in [0.15, 0.2) is 146 Å². The van der Waals surface area contributed by atoms with E-state index >= 15 is 0 Å². The Hall–Kier alpha value is -2.93. The van der Waals surface area contributed by atoms with Crippen LogP contribution in [0, 0.1) is 0 Å². The summed E-state index contributed by atoms with van der Waals surface area (Å²) in [4.78, 5) is 0. The van der Waals surface area contributed by atoms with Crippen LogP contribution in [0.25, 0.3) is 0 Å². The molecule has 5 heteroatoms. The molecule has 2 atom stereocenters. The van der Waals surface area contributed by atoms with Gasteiger partial charge in [0.1, 0.15) is 11.0 Å². The van der Waals surface area contributed by atoms with E-state index in [1.165, 1.54) is 32.1 Å². The Morgan fingerprint density at radius 3 is 1.40 bits per heavy atom. The Bertz CT molecular complexity index is 1500. The minimum atomic E-state index is -1.20. The minimum absolute atomic E-state index is 0.0507. The third-order valence-electron chi connectivity index (χ3n) is 7.28. The summed E-state index contributed by atoms with van der Waals surface area (Å²) in [6.07, 6.45) is 0.867. The summed E-state index contributed by atoms with van der Waals surface area (Å²) in [5, 5.41) is 6.63. The molecule has 0 N–H and O–H groups in total. The van der Waals surface area contributed by atoms with Gasteiger partial charge in [0.2, 0.25) is 0 Å². The zero-order valence-electron chi connectivity index (χ0n) is 24.8. The van der Waals surface area contributed by atoms with Gasteiger partial charge in [0, 0.05) is 7.05 Å². The third kappa shape index (κ3) is 7.16. The van der Waals surface area contributed by atoms with Crippen molar-refractivity contribution in [1.29, 1.82) is 0 Å². The van der Waals surface area contributed by atoms with Crippen LogP contribution in [0.1, 0.15) is 32.4 Å². The van der Waals surface area contributed by atoms with E-state index in [0.29, 0.717) is 0 Å². The van der Waals surface area contributed by atoms with Crippen LogP contribution in [0.5, 0.6) is 0 Å². The van der Waals surface area contributed by atoms with Crippen LogP contribution in [-0.4, -0.2) is 26.5 Å². The van der Waals surface area contributed by atoms with Gasteiger partial charge in [-0.1, -0.05) is 146 Å². The molecule has 0 heterocycles. The maximum Gasteiger partial charge on any atom is 0.100 e. The Morgan fingerprint density at radius 2 is 0.976 bits per heavy atom. The molecule has 0 radical (unpaired) electrons. The average Bonchev–Trinajstić information content (AvgIpc) is 3.03. The molecule has 0 fully saturated rings. The van der Waals surface area contributed by atoms with Gasteiger partial charge in [-0.05, 0) is 74.9 Å². The summed E-state index contributed by atoms with van der Waals surface area (Å²) in [6, 6.07) is 52.3. The SMILES string of the molecule is CN(C(CP(c1ccccc1)c1ccccc1)c1ccccc1P(c1ccccc1)c1ccccc1)S(=O)C(C)(C)C. The summed E-state index contributed by atoms with van der Waals surface area (Å²) in [5.74, 6) is 0. The van der Waals surface area contributed by atoms with E-state index in [-0.39, 0.29) is 10.8 Å². The monoisotopic (exact) mass is 607 g/mol.